The van der Waals surface area contributed by atoms with E-state index in [-0.39, 0.29) is 12.1 Å². The smallest absolute Gasteiger partial charge is 0.272 e. The number of hydrogen-bond acceptors (Lipinski definition) is 4. The number of benzene rings is 2. The second-order valence-electron chi connectivity index (χ2n) is 4.35. The molecule has 5 nitrogen and oxygen atoms in total. The predicted molar refractivity (Wildman–Crippen MR) is 74.8 cm³/mol. The van der Waals surface area contributed by atoms with Crippen molar-refractivity contribution in [3.8, 4) is 5.75 Å². The lowest BCUT2D eigenvalue weighted by molar-refractivity contribution is -0.385. The number of para-hydroxylation sites is 2. The van der Waals surface area contributed by atoms with Gasteiger partial charge in [0.2, 0.25) is 0 Å². The Morgan fingerprint density at radius 2 is 1.85 bits per heavy atom. The fraction of sp³-hybridized carbons (Fsp3) is 0.200. The van der Waals surface area contributed by atoms with E-state index < -0.39 is 11.0 Å². The van der Waals surface area contributed by atoms with E-state index >= 15 is 0 Å². The molecular weight excluding hydrogens is 258 g/mol. The van der Waals surface area contributed by atoms with Crippen molar-refractivity contribution >= 4 is 5.69 Å². The van der Waals surface area contributed by atoms with Gasteiger partial charge >= 0.3 is 0 Å². The van der Waals surface area contributed by atoms with Gasteiger partial charge in [-0.25, -0.2) is 0 Å². The van der Waals surface area contributed by atoms with Crippen molar-refractivity contribution in [2.75, 3.05) is 7.11 Å². The van der Waals surface area contributed by atoms with Crippen LogP contribution in [0.25, 0.3) is 0 Å². The summed E-state index contributed by atoms with van der Waals surface area (Å²) in [6.45, 7) is 0. The van der Waals surface area contributed by atoms with Crippen LogP contribution in [-0.2, 0) is 6.42 Å². The van der Waals surface area contributed by atoms with Gasteiger partial charge in [0.05, 0.1) is 18.1 Å². The van der Waals surface area contributed by atoms with Crippen LogP contribution in [0.5, 0.6) is 5.75 Å². The average Bonchev–Trinajstić information content (AvgIpc) is 2.47. The number of ether oxygens (including phenoxy) is 1. The van der Waals surface area contributed by atoms with Gasteiger partial charge in [0.25, 0.3) is 5.69 Å². The molecule has 2 rings (SSSR count). The first-order chi connectivity index (χ1) is 9.63. The molecule has 0 aliphatic rings. The Hall–Kier alpha value is -2.40. The molecule has 1 N–H and O–H groups in total. The summed E-state index contributed by atoms with van der Waals surface area (Å²) in [4.78, 5) is 10.5. The Morgan fingerprint density at radius 1 is 1.20 bits per heavy atom. The van der Waals surface area contributed by atoms with E-state index in [0.717, 1.165) is 0 Å². The van der Waals surface area contributed by atoms with E-state index in [1.807, 2.05) is 0 Å². The van der Waals surface area contributed by atoms with Crippen LogP contribution >= 0.6 is 0 Å². The monoisotopic (exact) mass is 273 g/mol. The zero-order chi connectivity index (χ0) is 14.5. The van der Waals surface area contributed by atoms with Gasteiger partial charge < -0.3 is 9.84 Å². The zero-order valence-corrected chi connectivity index (χ0v) is 11.0. The molecule has 2 aromatic rings. The second kappa shape index (κ2) is 6.16. The lowest BCUT2D eigenvalue weighted by Gasteiger charge is -2.14. The lowest BCUT2D eigenvalue weighted by atomic mass is 9.99. The molecule has 0 radical (unpaired) electrons. The number of nitro groups is 1. The summed E-state index contributed by atoms with van der Waals surface area (Å²) in [6.07, 6.45) is -0.690. The van der Waals surface area contributed by atoms with Crippen molar-refractivity contribution in [3.05, 3.63) is 69.8 Å². The SMILES string of the molecule is COc1ccccc1C(O)Cc1ccccc1[N+](=O)[O-]. The third-order valence-corrected chi connectivity index (χ3v) is 3.10. The standard InChI is InChI=1S/C15H15NO4/c1-20-15-9-5-3-7-12(15)14(17)10-11-6-2-4-8-13(11)16(18)19/h2-9,14,17H,10H2,1H3. The van der Waals surface area contributed by atoms with Crippen LogP contribution in [-0.4, -0.2) is 17.1 Å². The molecule has 0 amide bonds. The average molecular weight is 273 g/mol. The van der Waals surface area contributed by atoms with Crippen molar-refractivity contribution < 1.29 is 14.8 Å². The molecule has 0 bridgehead atoms. The third kappa shape index (κ3) is 2.95. The minimum Gasteiger partial charge on any atom is -0.496 e. The van der Waals surface area contributed by atoms with Gasteiger partial charge in [0, 0.05) is 23.6 Å². The highest BCUT2D eigenvalue weighted by Gasteiger charge is 2.19. The van der Waals surface area contributed by atoms with Crippen molar-refractivity contribution in [1.29, 1.82) is 0 Å². The predicted octanol–water partition coefficient (Wildman–Crippen LogP) is 2.88. The van der Waals surface area contributed by atoms with Gasteiger partial charge in [-0.1, -0.05) is 36.4 Å². The Balaban J connectivity index is 2.28. The Bertz CT molecular complexity index is 612. The molecule has 0 aliphatic heterocycles. The molecule has 104 valence electrons. The van der Waals surface area contributed by atoms with Gasteiger partial charge in [-0.3, -0.25) is 10.1 Å². The Morgan fingerprint density at radius 3 is 2.55 bits per heavy atom. The minimum atomic E-state index is -0.854. The summed E-state index contributed by atoms with van der Waals surface area (Å²) in [5.74, 6) is 0.568. The molecular formula is C15H15NO4. The number of rotatable bonds is 5. The molecule has 0 aliphatic carbocycles. The largest absolute Gasteiger partial charge is 0.496 e. The van der Waals surface area contributed by atoms with Gasteiger partial charge in [-0.2, -0.15) is 0 Å². The van der Waals surface area contributed by atoms with Crippen LogP contribution in [0, 0.1) is 10.1 Å². The molecule has 0 aromatic heterocycles. The first kappa shape index (κ1) is 14.0. The van der Waals surface area contributed by atoms with Crippen molar-refractivity contribution in [3.63, 3.8) is 0 Å². The molecule has 2 aromatic carbocycles. The highest BCUT2D eigenvalue weighted by atomic mass is 16.6. The van der Waals surface area contributed by atoms with Gasteiger partial charge in [-0.15, -0.1) is 0 Å². The number of aliphatic hydroxyl groups excluding tert-OH is 1. The van der Waals surface area contributed by atoms with E-state index in [4.69, 9.17) is 4.74 Å². The van der Waals surface area contributed by atoms with Crippen LogP contribution in [0.2, 0.25) is 0 Å². The fourth-order valence-electron chi connectivity index (χ4n) is 2.12. The van der Waals surface area contributed by atoms with Crippen molar-refractivity contribution in [2.24, 2.45) is 0 Å². The van der Waals surface area contributed by atoms with Gasteiger partial charge in [-0.05, 0) is 6.07 Å². The number of hydrogen-bond donors (Lipinski definition) is 1. The summed E-state index contributed by atoms with van der Waals surface area (Å²) >= 11 is 0. The highest BCUT2D eigenvalue weighted by molar-refractivity contribution is 5.42. The van der Waals surface area contributed by atoms with E-state index in [0.29, 0.717) is 16.9 Å². The maximum Gasteiger partial charge on any atom is 0.272 e. The first-order valence-corrected chi connectivity index (χ1v) is 6.16. The normalized spacial score (nSPS) is 11.9. The van der Waals surface area contributed by atoms with Crippen LogP contribution in [0.3, 0.4) is 0 Å². The molecule has 1 atom stereocenters. The van der Waals surface area contributed by atoms with E-state index in [9.17, 15) is 15.2 Å². The maximum atomic E-state index is 11.0. The maximum absolute atomic E-state index is 11.0. The van der Waals surface area contributed by atoms with Crippen LogP contribution in [0.4, 0.5) is 5.69 Å². The molecule has 1 unspecified atom stereocenters. The van der Waals surface area contributed by atoms with Crippen LogP contribution in [0.15, 0.2) is 48.5 Å². The summed E-state index contributed by atoms with van der Waals surface area (Å²) in [5, 5.41) is 21.3. The zero-order valence-electron chi connectivity index (χ0n) is 11.0. The molecule has 5 heteroatoms. The second-order valence-corrected chi connectivity index (χ2v) is 4.35. The molecule has 0 heterocycles. The molecule has 20 heavy (non-hydrogen) atoms. The number of aliphatic hydroxyl groups is 1. The van der Waals surface area contributed by atoms with E-state index in [1.165, 1.54) is 13.2 Å². The molecule has 0 saturated heterocycles. The summed E-state index contributed by atoms with van der Waals surface area (Å²) in [6, 6.07) is 13.5. The highest BCUT2D eigenvalue weighted by Crippen LogP contribution is 2.29. The molecule has 0 fully saturated rings. The Kier molecular flexibility index (Phi) is 4.32. The van der Waals surface area contributed by atoms with Crippen molar-refractivity contribution in [2.45, 2.75) is 12.5 Å². The molecule has 0 saturated carbocycles. The quantitative estimate of drug-likeness (QED) is 0.671. The fourth-order valence-corrected chi connectivity index (χ4v) is 2.12. The topological polar surface area (TPSA) is 72.6 Å². The van der Waals surface area contributed by atoms with Crippen molar-refractivity contribution in [1.82, 2.24) is 0 Å². The number of nitro benzene ring substituents is 1. The van der Waals surface area contributed by atoms with Crippen LogP contribution < -0.4 is 4.74 Å². The molecule has 0 spiro atoms. The van der Waals surface area contributed by atoms with Gasteiger partial charge in [0.15, 0.2) is 0 Å². The van der Waals surface area contributed by atoms with E-state index in [1.54, 1.807) is 42.5 Å². The number of nitrogens with zero attached hydrogens (tertiary/aromatic N) is 1. The summed E-state index contributed by atoms with van der Waals surface area (Å²) in [5.41, 5.74) is 1.13. The lowest BCUT2D eigenvalue weighted by Crippen LogP contribution is -2.06. The van der Waals surface area contributed by atoms with Gasteiger partial charge in [0.1, 0.15) is 5.75 Å². The first-order valence-electron chi connectivity index (χ1n) is 6.16. The summed E-state index contributed by atoms with van der Waals surface area (Å²) < 4.78 is 5.19. The third-order valence-electron chi connectivity index (χ3n) is 3.10. The number of methoxy groups -OCH3 is 1. The van der Waals surface area contributed by atoms with Crippen LogP contribution in [0.1, 0.15) is 17.2 Å². The Labute approximate surface area is 116 Å². The summed E-state index contributed by atoms with van der Waals surface area (Å²) in [7, 11) is 1.52. The van der Waals surface area contributed by atoms with E-state index in [2.05, 4.69) is 0 Å². The minimum absolute atomic E-state index is 0.0152.